The van der Waals surface area contributed by atoms with Crippen molar-refractivity contribution < 1.29 is 4.84 Å². The van der Waals surface area contributed by atoms with Gasteiger partial charge in [0.2, 0.25) is 0 Å². The van der Waals surface area contributed by atoms with Gasteiger partial charge in [0, 0.05) is 5.56 Å². The molecule has 0 saturated heterocycles. The molecular formula is C16H21NO. The lowest BCUT2D eigenvalue weighted by atomic mass is 9.77. The summed E-state index contributed by atoms with van der Waals surface area (Å²) < 4.78 is 0. The molecule has 0 amide bonds. The van der Waals surface area contributed by atoms with E-state index in [2.05, 4.69) is 38.1 Å². The Labute approximate surface area is 109 Å². The Balaban J connectivity index is 2.10. The molecule has 0 bridgehead atoms. The molecule has 96 valence electrons. The van der Waals surface area contributed by atoms with Crippen molar-refractivity contribution in [2.75, 3.05) is 6.61 Å². The van der Waals surface area contributed by atoms with Crippen molar-refractivity contribution in [1.82, 2.24) is 0 Å². The van der Waals surface area contributed by atoms with Gasteiger partial charge in [-0.2, -0.15) is 0 Å². The van der Waals surface area contributed by atoms with Gasteiger partial charge >= 0.3 is 0 Å². The van der Waals surface area contributed by atoms with Gasteiger partial charge in [0.15, 0.2) is 0 Å². The van der Waals surface area contributed by atoms with E-state index >= 15 is 0 Å². The first-order valence-electron chi connectivity index (χ1n) is 6.91. The molecule has 1 spiro atoms. The van der Waals surface area contributed by atoms with Crippen LogP contribution in [0.5, 0.6) is 0 Å². The molecular weight excluding hydrogens is 222 g/mol. The van der Waals surface area contributed by atoms with Crippen LogP contribution in [0.2, 0.25) is 0 Å². The second-order valence-corrected chi connectivity index (χ2v) is 5.97. The highest BCUT2D eigenvalue weighted by Gasteiger charge is 2.45. The molecule has 1 aromatic rings. The summed E-state index contributed by atoms with van der Waals surface area (Å²) in [6.07, 6.45) is 5.09. The Morgan fingerprint density at radius 1 is 1.06 bits per heavy atom. The normalized spacial score (nSPS) is 21.2. The highest BCUT2D eigenvalue weighted by molar-refractivity contribution is 6.07. The van der Waals surface area contributed by atoms with Crippen LogP contribution in [0.4, 0.5) is 0 Å². The van der Waals surface area contributed by atoms with Crippen LogP contribution in [-0.4, -0.2) is 12.3 Å². The fraction of sp³-hybridized carbons (Fsp3) is 0.562. The molecule has 0 N–H and O–H groups in total. The molecule has 18 heavy (non-hydrogen) atoms. The highest BCUT2D eigenvalue weighted by Crippen LogP contribution is 2.45. The molecule has 0 unspecified atom stereocenters. The predicted molar refractivity (Wildman–Crippen MR) is 74.0 cm³/mol. The van der Waals surface area contributed by atoms with Crippen molar-refractivity contribution >= 4 is 5.71 Å². The van der Waals surface area contributed by atoms with E-state index in [0.717, 1.165) is 6.61 Å². The average Bonchev–Trinajstić information content (AvgIpc) is 2.90. The summed E-state index contributed by atoms with van der Waals surface area (Å²) in [5, 5.41) is 4.41. The lowest BCUT2D eigenvalue weighted by Crippen LogP contribution is -2.29. The monoisotopic (exact) mass is 243 g/mol. The van der Waals surface area contributed by atoms with Crippen LogP contribution in [0.25, 0.3) is 0 Å². The maximum atomic E-state index is 5.48. The fourth-order valence-corrected chi connectivity index (χ4v) is 3.68. The fourth-order valence-electron chi connectivity index (χ4n) is 3.68. The number of oxime groups is 1. The molecule has 2 heteroatoms. The van der Waals surface area contributed by atoms with Gasteiger partial charge in [0.1, 0.15) is 6.61 Å². The Bertz CT molecular complexity index is 487. The quantitative estimate of drug-likeness (QED) is 0.733. The number of hydrogen-bond donors (Lipinski definition) is 0. The molecule has 2 aliphatic rings. The third-order valence-corrected chi connectivity index (χ3v) is 4.47. The van der Waals surface area contributed by atoms with E-state index in [9.17, 15) is 0 Å². The van der Waals surface area contributed by atoms with Gasteiger partial charge in [-0.3, -0.25) is 0 Å². The van der Waals surface area contributed by atoms with Crippen LogP contribution in [0.1, 0.15) is 47.9 Å². The molecule has 0 radical (unpaired) electrons. The van der Waals surface area contributed by atoms with Crippen LogP contribution < -0.4 is 0 Å². The van der Waals surface area contributed by atoms with Gasteiger partial charge in [0.25, 0.3) is 0 Å². The van der Waals surface area contributed by atoms with Gasteiger partial charge in [0.05, 0.1) is 11.1 Å². The summed E-state index contributed by atoms with van der Waals surface area (Å²) in [4.78, 5) is 5.48. The maximum absolute atomic E-state index is 5.48. The summed E-state index contributed by atoms with van der Waals surface area (Å²) in [6, 6.07) is 4.51. The number of hydrogen-bond acceptors (Lipinski definition) is 2. The van der Waals surface area contributed by atoms with Gasteiger partial charge in [-0.1, -0.05) is 35.7 Å². The van der Waals surface area contributed by atoms with Gasteiger partial charge in [-0.25, -0.2) is 0 Å². The molecule has 2 nitrogen and oxygen atoms in total. The van der Waals surface area contributed by atoms with Gasteiger partial charge in [-0.15, -0.1) is 0 Å². The van der Waals surface area contributed by atoms with Crippen molar-refractivity contribution in [2.24, 2.45) is 10.6 Å². The molecule has 0 aromatic heterocycles. The van der Waals surface area contributed by atoms with Crippen LogP contribution in [0.15, 0.2) is 17.3 Å². The SMILES string of the molecule is Cc1cc(C)c(C2=NOCC23CCCC3)c(C)c1. The third-order valence-electron chi connectivity index (χ3n) is 4.47. The summed E-state index contributed by atoms with van der Waals surface area (Å²) in [7, 11) is 0. The molecule has 1 fully saturated rings. The molecule has 0 atom stereocenters. The van der Waals surface area contributed by atoms with Gasteiger partial charge < -0.3 is 4.84 Å². The topological polar surface area (TPSA) is 21.6 Å². The number of rotatable bonds is 1. The van der Waals surface area contributed by atoms with E-state index in [4.69, 9.17) is 4.84 Å². The van der Waals surface area contributed by atoms with Crippen molar-refractivity contribution in [3.8, 4) is 0 Å². The van der Waals surface area contributed by atoms with Gasteiger partial charge in [-0.05, 0) is 44.7 Å². The van der Waals surface area contributed by atoms with Crippen molar-refractivity contribution in [3.63, 3.8) is 0 Å². The summed E-state index contributed by atoms with van der Waals surface area (Å²) in [5.74, 6) is 0. The molecule has 1 heterocycles. The molecule has 1 aliphatic heterocycles. The Hall–Kier alpha value is -1.31. The summed E-state index contributed by atoms with van der Waals surface area (Å²) in [5.41, 5.74) is 6.76. The van der Waals surface area contributed by atoms with Crippen LogP contribution in [0.3, 0.4) is 0 Å². The molecule has 3 rings (SSSR count). The minimum absolute atomic E-state index is 0.213. The van der Waals surface area contributed by atoms with Crippen LogP contribution in [-0.2, 0) is 4.84 Å². The lowest BCUT2D eigenvalue weighted by Gasteiger charge is -2.24. The average molecular weight is 243 g/mol. The first-order valence-corrected chi connectivity index (χ1v) is 6.91. The second-order valence-electron chi connectivity index (χ2n) is 5.97. The van der Waals surface area contributed by atoms with E-state index < -0.39 is 0 Å². The maximum Gasteiger partial charge on any atom is 0.128 e. The zero-order valence-electron chi connectivity index (χ0n) is 11.5. The Kier molecular flexibility index (Phi) is 2.69. The van der Waals surface area contributed by atoms with Crippen LogP contribution in [0, 0.1) is 26.2 Å². The smallest absolute Gasteiger partial charge is 0.128 e. The zero-order chi connectivity index (χ0) is 12.8. The zero-order valence-corrected chi connectivity index (χ0v) is 11.5. The predicted octanol–water partition coefficient (Wildman–Crippen LogP) is 3.91. The van der Waals surface area contributed by atoms with E-state index in [1.807, 2.05) is 0 Å². The summed E-state index contributed by atoms with van der Waals surface area (Å²) >= 11 is 0. The minimum Gasteiger partial charge on any atom is -0.395 e. The lowest BCUT2D eigenvalue weighted by molar-refractivity contribution is 0.122. The third kappa shape index (κ3) is 1.66. The minimum atomic E-state index is 0.213. The Morgan fingerprint density at radius 3 is 2.28 bits per heavy atom. The first-order chi connectivity index (χ1) is 8.62. The van der Waals surface area contributed by atoms with E-state index in [-0.39, 0.29) is 5.41 Å². The number of aryl methyl sites for hydroxylation is 3. The Morgan fingerprint density at radius 2 is 1.67 bits per heavy atom. The van der Waals surface area contributed by atoms with Crippen molar-refractivity contribution in [3.05, 3.63) is 34.4 Å². The second kappa shape index (κ2) is 4.11. The first kappa shape index (κ1) is 11.8. The van der Waals surface area contributed by atoms with Crippen molar-refractivity contribution in [1.29, 1.82) is 0 Å². The van der Waals surface area contributed by atoms with E-state index in [0.29, 0.717) is 0 Å². The number of nitrogens with zero attached hydrogens (tertiary/aromatic N) is 1. The van der Waals surface area contributed by atoms with E-state index in [1.54, 1.807) is 0 Å². The molecule has 1 aliphatic carbocycles. The number of benzene rings is 1. The van der Waals surface area contributed by atoms with Crippen molar-refractivity contribution in [2.45, 2.75) is 46.5 Å². The van der Waals surface area contributed by atoms with Crippen LogP contribution >= 0.6 is 0 Å². The molecule has 1 aromatic carbocycles. The summed E-state index contributed by atoms with van der Waals surface area (Å²) in [6.45, 7) is 7.33. The van der Waals surface area contributed by atoms with E-state index in [1.165, 1.54) is 53.6 Å². The molecule has 1 saturated carbocycles. The standard InChI is InChI=1S/C16H21NO/c1-11-8-12(2)14(13(3)9-11)15-16(10-18-17-15)6-4-5-7-16/h8-9H,4-7,10H2,1-3H3. The highest BCUT2D eigenvalue weighted by atomic mass is 16.6. The largest absolute Gasteiger partial charge is 0.395 e.